The second-order valence-corrected chi connectivity index (χ2v) is 6.71. The van der Waals surface area contributed by atoms with Crippen LogP contribution in [-0.2, 0) is 10.3 Å². The number of nitrogens with two attached hydrogens (primary N) is 1. The Bertz CT molecular complexity index is 694. The van der Waals surface area contributed by atoms with Crippen LogP contribution in [0.5, 0.6) is 0 Å². The standard InChI is InChI=1S/C24H28N2O/c1-27-26-23(18-11-19-25)24(20-12-5-2-6-13-20,21-14-7-3-8-15-21)22-16-9-4-10-17-22/h2-10,12-17,23,26H,11,18-19,25H2,1H3. The highest BCUT2D eigenvalue weighted by Crippen LogP contribution is 2.43. The average molecular weight is 361 g/mol. The molecular weight excluding hydrogens is 332 g/mol. The molecule has 3 nitrogen and oxygen atoms in total. The Hall–Kier alpha value is -2.46. The molecule has 0 saturated heterocycles. The Morgan fingerprint density at radius 1 is 0.778 bits per heavy atom. The van der Waals surface area contributed by atoms with Crippen molar-refractivity contribution in [3.8, 4) is 0 Å². The molecule has 1 atom stereocenters. The summed E-state index contributed by atoms with van der Waals surface area (Å²) in [5.41, 5.74) is 12.5. The molecule has 3 aromatic carbocycles. The van der Waals surface area contributed by atoms with Gasteiger partial charge in [-0.3, -0.25) is 0 Å². The molecule has 3 N–H and O–H groups in total. The van der Waals surface area contributed by atoms with Crippen molar-refractivity contribution in [1.29, 1.82) is 0 Å². The molecule has 1 unspecified atom stereocenters. The van der Waals surface area contributed by atoms with Gasteiger partial charge in [0.2, 0.25) is 0 Å². The van der Waals surface area contributed by atoms with Gasteiger partial charge in [0.15, 0.2) is 0 Å². The zero-order valence-electron chi connectivity index (χ0n) is 15.8. The first-order valence-electron chi connectivity index (χ1n) is 9.49. The van der Waals surface area contributed by atoms with Crippen LogP contribution in [0, 0.1) is 0 Å². The van der Waals surface area contributed by atoms with Crippen LogP contribution < -0.4 is 11.2 Å². The van der Waals surface area contributed by atoms with E-state index in [0.29, 0.717) is 6.54 Å². The second-order valence-electron chi connectivity index (χ2n) is 6.71. The van der Waals surface area contributed by atoms with E-state index < -0.39 is 5.41 Å². The van der Waals surface area contributed by atoms with Crippen LogP contribution in [0.25, 0.3) is 0 Å². The SMILES string of the molecule is CONC(CCCN)C(c1ccccc1)(c1ccccc1)c1ccccc1. The summed E-state index contributed by atoms with van der Waals surface area (Å²) in [4.78, 5) is 5.48. The summed E-state index contributed by atoms with van der Waals surface area (Å²) in [6, 6.07) is 32.0. The number of hydrogen-bond acceptors (Lipinski definition) is 3. The zero-order chi connectivity index (χ0) is 19.0. The van der Waals surface area contributed by atoms with Gasteiger partial charge in [-0.2, -0.15) is 5.48 Å². The van der Waals surface area contributed by atoms with Gasteiger partial charge in [-0.25, -0.2) is 0 Å². The largest absolute Gasteiger partial charge is 0.330 e. The van der Waals surface area contributed by atoms with E-state index in [1.807, 2.05) is 0 Å². The normalized spacial score (nSPS) is 12.7. The Kier molecular flexibility index (Phi) is 6.77. The summed E-state index contributed by atoms with van der Waals surface area (Å²) in [6.07, 6.45) is 1.80. The van der Waals surface area contributed by atoms with E-state index in [9.17, 15) is 0 Å². The van der Waals surface area contributed by atoms with Gasteiger partial charge in [0.25, 0.3) is 0 Å². The quantitative estimate of drug-likeness (QED) is 0.442. The van der Waals surface area contributed by atoms with Gasteiger partial charge in [0.05, 0.1) is 18.6 Å². The number of rotatable bonds is 9. The highest BCUT2D eigenvalue weighted by molar-refractivity contribution is 5.52. The third-order valence-corrected chi connectivity index (χ3v) is 5.17. The predicted octanol–water partition coefficient (Wildman–Crippen LogP) is 4.28. The van der Waals surface area contributed by atoms with Crippen LogP contribution in [0.15, 0.2) is 91.0 Å². The Morgan fingerprint density at radius 2 is 1.19 bits per heavy atom. The highest BCUT2D eigenvalue weighted by Gasteiger charge is 2.43. The Labute approximate surface area is 162 Å². The van der Waals surface area contributed by atoms with Crippen molar-refractivity contribution in [2.24, 2.45) is 5.73 Å². The fraction of sp³-hybridized carbons (Fsp3) is 0.250. The van der Waals surface area contributed by atoms with Crippen LogP contribution >= 0.6 is 0 Å². The second kappa shape index (κ2) is 9.47. The summed E-state index contributed by atoms with van der Waals surface area (Å²) in [5, 5.41) is 0. The minimum Gasteiger partial charge on any atom is -0.330 e. The molecule has 27 heavy (non-hydrogen) atoms. The van der Waals surface area contributed by atoms with E-state index in [4.69, 9.17) is 10.6 Å². The third-order valence-electron chi connectivity index (χ3n) is 5.17. The lowest BCUT2D eigenvalue weighted by Gasteiger charge is -2.42. The maximum atomic E-state index is 5.86. The molecule has 0 amide bonds. The van der Waals surface area contributed by atoms with Crippen LogP contribution in [-0.4, -0.2) is 19.7 Å². The van der Waals surface area contributed by atoms with Crippen molar-refractivity contribution in [2.45, 2.75) is 24.3 Å². The minimum atomic E-state index is -0.394. The lowest BCUT2D eigenvalue weighted by molar-refractivity contribution is 0.0416. The van der Waals surface area contributed by atoms with Crippen LogP contribution in [0.2, 0.25) is 0 Å². The first kappa shape index (κ1) is 19.3. The van der Waals surface area contributed by atoms with E-state index in [0.717, 1.165) is 12.8 Å². The van der Waals surface area contributed by atoms with Gasteiger partial charge in [-0.05, 0) is 36.1 Å². The maximum absolute atomic E-state index is 5.86. The molecule has 0 aliphatic heterocycles. The average Bonchev–Trinajstić information content (AvgIpc) is 2.75. The van der Waals surface area contributed by atoms with E-state index in [1.54, 1.807) is 7.11 Å². The summed E-state index contributed by atoms with van der Waals surface area (Å²) in [5.74, 6) is 0. The molecular formula is C24H28N2O. The fourth-order valence-electron chi connectivity index (χ4n) is 4.03. The number of benzene rings is 3. The van der Waals surface area contributed by atoms with E-state index in [1.165, 1.54) is 16.7 Å². The molecule has 3 aromatic rings. The highest BCUT2D eigenvalue weighted by atomic mass is 16.6. The first-order valence-corrected chi connectivity index (χ1v) is 9.49. The van der Waals surface area contributed by atoms with Crippen LogP contribution in [0.3, 0.4) is 0 Å². The van der Waals surface area contributed by atoms with Gasteiger partial charge < -0.3 is 10.6 Å². The molecule has 0 spiro atoms. The molecule has 140 valence electrons. The van der Waals surface area contributed by atoms with Gasteiger partial charge in [0.1, 0.15) is 0 Å². The van der Waals surface area contributed by atoms with Crippen LogP contribution in [0.4, 0.5) is 0 Å². The first-order chi connectivity index (χ1) is 13.3. The summed E-state index contributed by atoms with van der Waals surface area (Å²) < 4.78 is 0. The van der Waals surface area contributed by atoms with E-state index in [-0.39, 0.29) is 6.04 Å². The van der Waals surface area contributed by atoms with Crippen molar-refractivity contribution < 1.29 is 4.84 Å². The Balaban J connectivity index is 2.31. The Morgan fingerprint density at radius 3 is 1.52 bits per heavy atom. The topological polar surface area (TPSA) is 47.3 Å². The fourth-order valence-corrected chi connectivity index (χ4v) is 4.03. The molecule has 0 aliphatic carbocycles. The number of hydrogen-bond donors (Lipinski definition) is 2. The van der Waals surface area contributed by atoms with E-state index in [2.05, 4.69) is 96.5 Å². The molecule has 0 aromatic heterocycles. The molecule has 0 saturated carbocycles. The van der Waals surface area contributed by atoms with Gasteiger partial charge >= 0.3 is 0 Å². The van der Waals surface area contributed by atoms with Crippen molar-refractivity contribution in [1.82, 2.24) is 5.48 Å². The van der Waals surface area contributed by atoms with Gasteiger partial charge in [-0.15, -0.1) is 0 Å². The van der Waals surface area contributed by atoms with Gasteiger partial charge in [-0.1, -0.05) is 91.0 Å². The summed E-state index contributed by atoms with van der Waals surface area (Å²) >= 11 is 0. The molecule has 0 aliphatic rings. The molecule has 0 radical (unpaired) electrons. The zero-order valence-corrected chi connectivity index (χ0v) is 15.8. The summed E-state index contributed by atoms with van der Waals surface area (Å²) in [7, 11) is 1.68. The smallest absolute Gasteiger partial charge is 0.0627 e. The lowest BCUT2D eigenvalue weighted by Crippen LogP contribution is -2.50. The van der Waals surface area contributed by atoms with Crippen molar-refractivity contribution in [2.75, 3.05) is 13.7 Å². The maximum Gasteiger partial charge on any atom is 0.0627 e. The summed E-state index contributed by atoms with van der Waals surface area (Å²) in [6.45, 7) is 0.649. The van der Waals surface area contributed by atoms with Crippen molar-refractivity contribution in [3.63, 3.8) is 0 Å². The molecule has 3 heteroatoms. The van der Waals surface area contributed by atoms with Gasteiger partial charge in [0, 0.05) is 0 Å². The molecule has 3 rings (SSSR count). The van der Waals surface area contributed by atoms with Crippen LogP contribution in [0.1, 0.15) is 29.5 Å². The third kappa shape index (κ3) is 3.96. The molecule has 0 heterocycles. The predicted molar refractivity (Wildman–Crippen MR) is 111 cm³/mol. The van der Waals surface area contributed by atoms with Crippen molar-refractivity contribution >= 4 is 0 Å². The van der Waals surface area contributed by atoms with E-state index >= 15 is 0 Å². The molecule has 0 bridgehead atoms. The number of nitrogens with one attached hydrogen (secondary N) is 1. The molecule has 0 fully saturated rings. The monoisotopic (exact) mass is 360 g/mol. The lowest BCUT2D eigenvalue weighted by atomic mass is 9.64. The van der Waals surface area contributed by atoms with Crippen molar-refractivity contribution in [3.05, 3.63) is 108 Å². The number of hydroxylamine groups is 1. The minimum absolute atomic E-state index is 0.0262.